The van der Waals surface area contributed by atoms with Crippen LogP contribution in [0.3, 0.4) is 0 Å². The number of hydrogen-bond acceptors (Lipinski definition) is 6. The number of carbonyl (C=O) groups excluding carboxylic acids is 5. The van der Waals surface area contributed by atoms with Gasteiger partial charge in [0.25, 0.3) is 11.8 Å². The van der Waals surface area contributed by atoms with E-state index in [1.54, 1.807) is 57.2 Å². The SMILES string of the molecule is CC(=O)Nc1ccccc1N(CC(=O)OC(C)(C)C)C(=O)CN1C(=O)c2ccccc2C1=O. The van der Waals surface area contributed by atoms with Crippen LogP contribution >= 0.6 is 0 Å². The number of benzene rings is 2. The van der Waals surface area contributed by atoms with Gasteiger partial charge in [-0.1, -0.05) is 24.3 Å². The Balaban J connectivity index is 1.92. The molecule has 1 aliphatic rings. The minimum Gasteiger partial charge on any atom is -0.459 e. The molecule has 0 atom stereocenters. The van der Waals surface area contributed by atoms with E-state index in [0.29, 0.717) is 5.69 Å². The molecule has 0 spiro atoms. The summed E-state index contributed by atoms with van der Waals surface area (Å²) in [6.07, 6.45) is 0. The third kappa shape index (κ3) is 5.43. The van der Waals surface area contributed by atoms with E-state index in [-0.39, 0.29) is 22.7 Å². The second-order valence-electron chi connectivity index (χ2n) is 8.51. The lowest BCUT2D eigenvalue weighted by molar-refractivity contribution is -0.153. The van der Waals surface area contributed by atoms with Gasteiger partial charge in [-0.15, -0.1) is 0 Å². The van der Waals surface area contributed by atoms with Gasteiger partial charge in [0.2, 0.25) is 11.8 Å². The first-order chi connectivity index (χ1) is 15.5. The first-order valence-corrected chi connectivity index (χ1v) is 10.3. The van der Waals surface area contributed by atoms with Gasteiger partial charge in [0.05, 0.1) is 22.5 Å². The predicted molar refractivity (Wildman–Crippen MR) is 121 cm³/mol. The summed E-state index contributed by atoms with van der Waals surface area (Å²) in [5, 5.41) is 2.62. The van der Waals surface area contributed by atoms with Gasteiger partial charge in [0.1, 0.15) is 18.7 Å². The summed E-state index contributed by atoms with van der Waals surface area (Å²) in [7, 11) is 0. The molecule has 3 rings (SSSR count). The van der Waals surface area contributed by atoms with Crippen molar-refractivity contribution in [3.05, 3.63) is 59.7 Å². The van der Waals surface area contributed by atoms with Crippen molar-refractivity contribution in [1.82, 2.24) is 4.90 Å². The van der Waals surface area contributed by atoms with Gasteiger partial charge in [-0.3, -0.25) is 33.8 Å². The van der Waals surface area contributed by atoms with Crippen LogP contribution in [0.2, 0.25) is 0 Å². The van der Waals surface area contributed by atoms with E-state index < -0.39 is 42.4 Å². The summed E-state index contributed by atoms with van der Waals surface area (Å²) in [5.74, 6) is -2.91. The Morgan fingerprint density at radius 1 is 0.939 bits per heavy atom. The van der Waals surface area contributed by atoms with Crippen molar-refractivity contribution in [3.8, 4) is 0 Å². The number of anilines is 2. The molecule has 0 fully saturated rings. The van der Waals surface area contributed by atoms with Gasteiger partial charge in [-0.25, -0.2) is 0 Å². The fraction of sp³-hybridized carbons (Fsp3) is 0.292. The van der Waals surface area contributed by atoms with Gasteiger partial charge in [0, 0.05) is 6.92 Å². The highest BCUT2D eigenvalue weighted by molar-refractivity contribution is 6.23. The molecular formula is C24H25N3O6. The molecule has 2 aromatic carbocycles. The fourth-order valence-corrected chi connectivity index (χ4v) is 3.42. The second-order valence-corrected chi connectivity index (χ2v) is 8.51. The van der Waals surface area contributed by atoms with Crippen LogP contribution < -0.4 is 10.2 Å². The molecule has 9 nitrogen and oxygen atoms in total. The number of hydrogen-bond donors (Lipinski definition) is 1. The molecule has 9 heteroatoms. The number of imide groups is 1. The Bertz CT molecular complexity index is 1100. The van der Waals surface area contributed by atoms with Gasteiger partial charge in [-0.2, -0.15) is 0 Å². The molecule has 0 radical (unpaired) electrons. The predicted octanol–water partition coefficient (Wildman–Crippen LogP) is 2.62. The summed E-state index contributed by atoms with van der Waals surface area (Å²) < 4.78 is 5.36. The normalized spacial score (nSPS) is 12.9. The van der Waals surface area contributed by atoms with Crippen molar-refractivity contribution >= 4 is 41.0 Å². The third-order valence-corrected chi connectivity index (χ3v) is 4.69. The third-order valence-electron chi connectivity index (χ3n) is 4.69. The molecule has 0 saturated carbocycles. The molecule has 172 valence electrons. The maximum atomic E-state index is 13.3. The molecule has 0 saturated heterocycles. The molecular weight excluding hydrogens is 426 g/mol. The molecule has 1 heterocycles. The van der Waals surface area contributed by atoms with Gasteiger partial charge in [-0.05, 0) is 45.0 Å². The number of amides is 4. The molecule has 0 aromatic heterocycles. The monoisotopic (exact) mass is 451 g/mol. The van der Waals surface area contributed by atoms with Crippen molar-refractivity contribution in [1.29, 1.82) is 0 Å². The number of nitrogens with zero attached hydrogens (tertiary/aromatic N) is 2. The number of ether oxygens (including phenoxy) is 1. The zero-order valence-electron chi connectivity index (χ0n) is 18.9. The first kappa shape index (κ1) is 23.6. The Hall–Kier alpha value is -4.01. The standard InChI is InChI=1S/C24H25N3O6/c1-15(28)25-18-11-7-8-12-19(18)26(14-21(30)33-24(2,3)4)20(29)13-27-22(31)16-9-5-6-10-17(16)23(27)32/h5-12H,13-14H2,1-4H3,(H,25,28). The molecule has 0 bridgehead atoms. The molecule has 33 heavy (non-hydrogen) atoms. The van der Waals surface area contributed by atoms with Crippen LogP contribution in [0.1, 0.15) is 48.4 Å². The smallest absolute Gasteiger partial charge is 0.326 e. The summed E-state index contributed by atoms with van der Waals surface area (Å²) in [6.45, 7) is 5.35. The average Bonchev–Trinajstić information content (AvgIpc) is 2.96. The van der Waals surface area contributed by atoms with Crippen molar-refractivity contribution in [2.24, 2.45) is 0 Å². The van der Waals surface area contributed by atoms with Crippen LogP contribution in [0.4, 0.5) is 11.4 Å². The zero-order chi connectivity index (χ0) is 24.3. The highest BCUT2D eigenvalue weighted by Crippen LogP contribution is 2.28. The highest BCUT2D eigenvalue weighted by Gasteiger charge is 2.38. The lowest BCUT2D eigenvalue weighted by Gasteiger charge is -2.28. The van der Waals surface area contributed by atoms with Crippen molar-refractivity contribution in [2.45, 2.75) is 33.3 Å². The zero-order valence-corrected chi connectivity index (χ0v) is 18.9. The minimum atomic E-state index is -0.786. The van der Waals surface area contributed by atoms with Gasteiger partial charge < -0.3 is 10.1 Å². The van der Waals surface area contributed by atoms with Crippen LogP contribution in [0, 0.1) is 0 Å². The summed E-state index contributed by atoms with van der Waals surface area (Å²) in [4.78, 5) is 64.9. The molecule has 2 aromatic rings. The van der Waals surface area contributed by atoms with Crippen LogP contribution in [0.15, 0.2) is 48.5 Å². The molecule has 4 amide bonds. The topological polar surface area (TPSA) is 113 Å². The average molecular weight is 451 g/mol. The summed E-state index contributed by atoms with van der Waals surface area (Å²) >= 11 is 0. The largest absolute Gasteiger partial charge is 0.459 e. The van der Waals surface area contributed by atoms with E-state index in [1.165, 1.54) is 19.1 Å². The van der Waals surface area contributed by atoms with E-state index in [4.69, 9.17) is 4.74 Å². The van der Waals surface area contributed by atoms with E-state index in [0.717, 1.165) is 9.80 Å². The number of rotatable bonds is 6. The number of nitrogens with one attached hydrogen (secondary N) is 1. The van der Waals surface area contributed by atoms with Crippen LogP contribution in [-0.4, -0.2) is 53.2 Å². The molecule has 1 N–H and O–H groups in total. The fourth-order valence-electron chi connectivity index (χ4n) is 3.42. The van der Waals surface area contributed by atoms with Gasteiger partial charge in [0.15, 0.2) is 0 Å². The van der Waals surface area contributed by atoms with E-state index in [2.05, 4.69) is 5.32 Å². The Morgan fingerprint density at radius 2 is 1.48 bits per heavy atom. The Kier molecular flexibility index (Phi) is 6.62. The first-order valence-electron chi connectivity index (χ1n) is 10.3. The van der Waals surface area contributed by atoms with Gasteiger partial charge >= 0.3 is 5.97 Å². The van der Waals surface area contributed by atoms with Crippen LogP contribution in [0.5, 0.6) is 0 Å². The Labute approximate surface area is 191 Å². The summed E-state index contributed by atoms with van der Waals surface area (Å²) in [5.41, 5.74) is 0.176. The lowest BCUT2D eigenvalue weighted by atomic mass is 10.1. The molecule has 0 aliphatic carbocycles. The Morgan fingerprint density at radius 3 is 2.03 bits per heavy atom. The number of fused-ring (bicyclic) bond motifs is 1. The van der Waals surface area contributed by atoms with Crippen molar-refractivity contribution in [3.63, 3.8) is 0 Å². The number of para-hydroxylation sites is 2. The van der Waals surface area contributed by atoms with Crippen LogP contribution in [0.25, 0.3) is 0 Å². The minimum absolute atomic E-state index is 0.215. The van der Waals surface area contributed by atoms with E-state index >= 15 is 0 Å². The van der Waals surface area contributed by atoms with Crippen molar-refractivity contribution in [2.75, 3.05) is 23.3 Å². The second kappa shape index (κ2) is 9.23. The number of esters is 1. The maximum absolute atomic E-state index is 13.3. The maximum Gasteiger partial charge on any atom is 0.326 e. The molecule has 1 aliphatic heterocycles. The highest BCUT2D eigenvalue weighted by atomic mass is 16.6. The number of carbonyl (C=O) groups is 5. The quantitative estimate of drug-likeness (QED) is 0.534. The van der Waals surface area contributed by atoms with Crippen molar-refractivity contribution < 1.29 is 28.7 Å². The lowest BCUT2D eigenvalue weighted by Crippen LogP contribution is -2.46. The van der Waals surface area contributed by atoms with E-state index in [9.17, 15) is 24.0 Å². The molecule has 0 unspecified atom stereocenters. The summed E-state index contributed by atoms with van der Waals surface area (Å²) in [6, 6.07) is 12.7. The van der Waals surface area contributed by atoms with E-state index in [1.807, 2.05) is 0 Å². The van der Waals surface area contributed by atoms with Crippen LogP contribution in [-0.2, 0) is 19.1 Å².